The van der Waals surface area contributed by atoms with Crippen LogP contribution < -0.4 is 5.32 Å². The van der Waals surface area contributed by atoms with E-state index < -0.39 is 10.9 Å². The maximum atomic E-state index is 11.2. The maximum Gasteiger partial charge on any atom is 0.358 e. The van der Waals surface area contributed by atoms with Crippen LogP contribution in [0, 0.1) is 10.1 Å². The van der Waals surface area contributed by atoms with Gasteiger partial charge in [-0.05, 0) is 0 Å². The van der Waals surface area contributed by atoms with Crippen molar-refractivity contribution in [3.8, 4) is 0 Å². The molecule has 0 spiro atoms. The zero-order chi connectivity index (χ0) is 15.2. The Balaban J connectivity index is 2.07. The van der Waals surface area contributed by atoms with Crippen molar-refractivity contribution in [1.82, 2.24) is 9.97 Å². The highest BCUT2D eigenvalue weighted by molar-refractivity contribution is 5.86. The second-order valence-corrected chi connectivity index (χ2v) is 4.02. The highest BCUT2D eigenvalue weighted by Crippen LogP contribution is 2.18. The number of benzene rings is 1. The van der Waals surface area contributed by atoms with Crippen molar-refractivity contribution in [2.24, 2.45) is 0 Å². The zero-order valence-electron chi connectivity index (χ0n) is 11.1. The number of carbonyl (C=O) groups excluding carboxylic acids is 1. The van der Waals surface area contributed by atoms with Crippen molar-refractivity contribution < 1.29 is 14.5 Å². The fraction of sp³-hybridized carbons (Fsp3) is 0.154. The van der Waals surface area contributed by atoms with Gasteiger partial charge in [0.05, 0.1) is 24.4 Å². The summed E-state index contributed by atoms with van der Waals surface area (Å²) in [5.74, 6) is -0.173. The average Bonchev–Trinajstić information content (AvgIpc) is 2.52. The van der Waals surface area contributed by atoms with E-state index in [9.17, 15) is 14.9 Å². The summed E-state index contributed by atoms with van der Waals surface area (Å²) < 4.78 is 4.51. The molecule has 21 heavy (non-hydrogen) atoms. The Morgan fingerprint density at radius 3 is 2.71 bits per heavy atom. The number of esters is 1. The van der Waals surface area contributed by atoms with E-state index in [0.29, 0.717) is 11.4 Å². The minimum atomic E-state index is -0.576. The molecule has 2 aromatic rings. The topological polar surface area (TPSA) is 107 Å². The molecule has 1 heterocycles. The molecule has 8 heteroatoms. The molecule has 0 bridgehead atoms. The average molecular weight is 288 g/mol. The predicted octanol–water partition coefficient (Wildman–Crippen LogP) is 1.78. The number of nitrogens with zero attached hydrogens (tertiary/aromatic N) is 3. The molecule has 0 unspecified atom stereocenters. The van der Waals surface area contributed by atoms with E-state index in [1.807, 2.05) is 0 Å². The standard InChI is InChI=1S/C13H12N4O4/c1-21-13(18)10-7-16-12(8-14-10)15-6-9-4-2-3-5-11(9)17(19)20/h2-5,7-8H,6H2,1H3,(H,15,16). The Bertz CT molecular complexity index is 657. The number of aromatic nitrogens is 2. The number of hydrogen-bond donors (Lipinski definition) is 1. The van der Waals surface area contributed by atoms with E-state index in [-0.39, 0.29) is 17.9 Å². The van der Waals surface area contributed by atoms with Gasteiger partial charge >= 0.3 is 5.97 Å². The summed E-state index contributed by atoms with van der Waals surface area (Å²) in [6, 6.07) is 6.41. The molecule has 2 rings (SSSR count). The molecule has 1 N–H and O–H groups in total. The number of nitrogens with one attached hydrogen (secondary N) is 1. The van der Waals surface area contributed by atoms with E-state index in [1.54, 1.807) is 18.2 Å². The molecule has 0 saturated carbocycles. The molecule has 108 valence electrons. The van der Waals surface area contributed by atoms with Crippen LogP contribution in [-0.4, -0.2) is 28.0 Å². The maximum absolute atomic E-state index is 11.2. The molecule has 0 fully saturated rings. The fourth-order valence-electron chi connectivity index (χ4n) is 1.65. The molecular weight excluding hydrogens is 276 g/mol. The Morgan fingerprint density at radius 1 is 1.33 bits per heavy atom. The first-order chi connectivity index (χ1) is 10.1. The Morgan fingerprint density at radius 2 is 2.10 bits per heavy atom. The summed E-state index contributed by atoms with van der Waals surface area (Å²) in [6.07, 6.45) is 2.63. The van der Waals surface area contributed by atoms with Gasteiger partial charge in [0.2, 0.25) is 0 Å². The van der Waals surface area contributed by atoms with E-state index in [2.05, 4.69) is 20.0 Å². The van der Waals surface area contributed by atoms with Gasteiger partial charge in [0, 0.05) is 18.2 Å². The summed E-state index contributed by atoms with van der Waals surface area (Å²) in [4.78, 5) is 29.5. The highest BCUT2D eigenvalue weighted by Gasteiger charge is 2.12. The van der Waals surface area contributed by atoms with E-state index in [0.717, 1.165) is 0 Å². The molecule has 0 aliphatic rings. The van der Waals surface area contributed by atoms with E-state index >= 15 is 0 Å². The SMILES string of the molecule is COC(=O)c1cnc(NCc2ccccc2[N+](=O)[O-])cn1. The monoisotopic (exact) mass is 288 g/mol. The molecule has 1 aromatic carbocycles. The van der Waals surface area contributed by atoms with Crippen molar-refractivity contribution in [2.45, 2.75) is 6.54 Å². The number of para-hydroxylation sites is 1. The second kappa shape index (κ2) is 6.42. The van der Waals surface area contributed by atoms with Gasteiger partial charge in [-0.15, -0.1) is 0 Å². The summed E-state index contributed by atoms with van der Waals surface area (Å²) >= 11 is 0. The van der Waals surface area contributed by atoms with Crippen LogP contribution in [0.2, 0.25) is 0 Å². The molecule has 0 radical (unpaired) electrons. The number of methoxy groups -OCH3 is 1. The molecule has 8 nitrogen and oxygen atoms in total. The van der Waals surface area contributed by atoms with E-state index in [1.165, 1.54) is 25.6 Å². The van der Waals surface area contributed by atoms with Crippen molar-refractivity contribution in [1.29, 1.82) is 0 Å². The van der Waals surface area contributed by atoms with E-state index in [4.69, 9.17) is 0 Å². The fourth-order valence-corrected chi connectivity index (χ4v) is 1.65. The molecule has 0 aliphatic heterocycles. The van der Waals surface area contributed by atoms with Crippen molar-refractivity contribution in [3.63, 3.8) is 0 Å². The Kier molecular flexibility index (Phi) is 4.39. The number of nitro groups is 1. The first-order valence-corrected chi connectivity index (χ1v) is 5.98. The first kappa shape index (κ1) is 14.4. The van der Waals surface area contributed by atoms with Gasteiger partial charge in [-0.3, -0.25) is 10.1 Å². The van der Waals surface area contributed by atoms with Gasteiger partial charge in [-0.2, -0.15) is 0 Å². The van der Waals surface area contributed by atoms with Crippen molar-refractivity contribution >= 4 is 17.5 Å². The number of anilines is 1. The minimum absolute atomic E-state index is 0.0316. The van der Waals surface area contributed by atoms with Gasteiger partial charge < -0.3 is 10.1 Å². The number of ether oxygens (including phenoxy) is 1. The van der Waals surface area contributed by atoms with Crippen LogP contribution in [0.25, 0.3) is 0 Å². The van der Waals surface area contributed by atoms with Crippen LogP contribution in [0.3, 0.4) is 0 Å². The second-order valence-electron chi connectivity index (χ2n) is 4.02. The summed E-state index contributed by atoms with van der Waals surface area (Å²) in [6.45, 7) is 0.226. The van der Waals surface area contributed by atoms with Crippen molar-refractivity contribution in [3.05, 3.63) is 58.0 Å². The van der Waals surface area contributed by atoms with Crippen LogP contribution in [-0.2, 0) is 11.3 Å². The third-order valence-corrected chi connectivity index (χ3v) is 2.69. The van der Waals surface area contributed by atoms with Gasteiger partial charge in [0.1, 0.15) is 5.82 Å². The highest BCUT2D eigenvalue weighted by atomic mass is 16.6. The normalized spacial score (nSPS) is 9.95. The molecule has 0 aliphatic carbocycles. The quantitative estimate of drug-likeness (QED) is 0.507. The molecule has 0 saturated heterocycles. The first-order valence-electron chi connectivity index (χ1n) is 5.98. The summed E-state index contributed by atoms with van der Waals surface area (Å²) in [5, 5.41) is 13.8. The van der Waals surface area contributed by atoms with Gasteiger partial charge in [0.15, 0.2) is 5.69 Å². The lowest BCUT2D eigenvalue weighted by Gasteiger charge is -2.06. The van der Waals surface area contributed by atoms with Crippen LogP contribution in [0.4, 0.5) is 11.5 Å². The van der Waals surface area contributed by atoms with Crippen LogP contribution in [0.1, 0.15) is 16.1 Å². The summed E-state index contributed by atoms with van der Waals surface area (Å²) in [5.41, 5.74) is 0.652. The Hall–Kier alpha value is -3.03. The lowest BCUT2D eigenvalue weighted by atomic mass is 10.2. The smallest absolute Gasteiger partial charge is 0.358 e. The zero-order valence-corrected chi connectivity index (χ0v) is 11.1. The molecule has 0 amide bonds. The third-order valence-electron chi connectivity index (χ3n) is 2.69. The minimum Gasteiger partial charge on any atom is -0.464 e. The molecule has 1 aromatic heterocycles. The summed E-state index contributed by atoms with van der Waals surface area (Å²) in [7, 11) is 1.25. The van der Waals surface area contributed by atoms with Crippen LogP contribution in [0.5, 0.6) is 0 Å². The number of rotatable bonds is 5. The predicted molar refractivity (Wildman–Crippen MR) is 73.8 cm³/mol. The Labute approximate surface area is 120 Å². The number of nitro benzene ring substituents is 1. The van der Waals surface area contributed by atoms with Crippen molar-refractivity contribution in [2.75, 3.05) is 12.4 Å². The van der Waals surface area contributed by atoms with Gasteiger partial charge in [-0.25, -0.2) is 14.8 Å². The number of hydrogen-bond acceptors (Lipinski definition) is 7. The van der Waals surface area contributed by atoms with Gasteiger partial charge in [0.25, 0.3) is 5.69 Å². The molecular formula is C13H12N4O4. The largest absolute Gasteiger partial charge is 0.464 e. The number of carbonyl (C=O) groups is 1. The third kappa shape index (κ3) is 3.50. The molecule has 0 atom stereocenters. The lowest BCUT2D eigenvalue weighted by Crippen LogP contribution is -2.08. The van der Waals surface area contributed by atoms with Crippen LogP contribution in [0.15, 0.2) is 36.7 Å². The lowest BCUT2D eigenvalue weighted by molar-refractivity contribution is -0.385. The van der Waals surface area contributed by atoms with Crippen LogP contribution >= 0.6 is 0 Å². The van der Waals surface area contributed by atoms with Gasteiger partial charge in [-0.1, -0.05) is 18.2 Å².